The number of hydrogen-bond donors (Lipinski definition) is 2. The van der Waals surface area contributed by atoms with Gasteiger partial charge >= 0.3 is 5.97 Å². The van der Waals surface area contributed by atoms with Crippen LogP contribution >= 0.6 is 11.8 Å². The number of thioether (sulfide) groups is 1. The lowest BCUT2D eigenvalue weighted by Gasteiger charge is -2.27. The van der Waals surface area contributed by atoms with Crippen molar-refractivity contribution < 1.29 is 14.3 Å². The molecule has 0 aromatic rings. The van der Waals surface area contributed by atoms with Crippen LogP contribution in [0.2, 0.25) is 0 Å². The molecule has 0 bridgehead atoms. The van der Waals surface area contributed by atoms with E-state index in [1.165, 1.54) is 0 Å². The SMILES string of the molecule is CCOC(=O)C(C)(C)NC(=O)CC1CSCCN1. The number of carbonyl (C=O) groups excluding carboxylic acids is 2. The molecule has 1 aliphatic rings. The molecule has 0 spiro atoms. The fourth-order valence-electron chi connectivity index (χ4n) is 1.74. The minimum Gasteiger partial charge on any atom is -0.464 e. The Labute approximate surface area is 112 Å². The molecule has 1 fully saturated rings. The van der Waals surface area contributed by atoms with Gasteiger partial charge in [-0.1, -0.05) is 0 Å². The highest BCUT2D eigenvalue weighted by molar-refractivity contribution is 7.99. The van der Waals surface area contributed by atoms with E-state index in [9.17, 15) is 9.59 Å². The van der Waals surface area contributed by atoms with Crippen LogP contribution in [0.15, 0.2) is 0 Å². The first-order valence-corrected chi connectivity index (χ1v) is 7.40. The van der Waals surface area contributed by atoms with E-state index in [2.05, 4.69) is 10.6 Å². The monoisotopic (exact) mass is 274 g/mol. The molecule has 1 unspecified atom stereocenters. The van der Waals surface area contributed by atoms with Crippen LogP contribution in [0.4, 0.5) is 0 Å². The number of hydrogen-bond acceptors (Lipinski definition) is 5. The quantitative estimate of drug-likeness (QED) is 0.716. The molecule has 1 rings (SSSR count). The molecule has 0 saturated carbocycles. The van der Waals surface area contributed by atoms with Crippen LogP contribution in [0.5, 0.6) is 0 Å². The summed E-state index contributed by atoms with van der Waals surface area (Å²) in [6, 6.07) is 0.196. The zero-order chi connectivity index (χ0) is 13.6. The lowest BCUT2D eigenvalue weighted by atomic mass is 10.1. The van der Waals surface area contributed by atoms with Crippen LogP contribution < -0.4 is 10.6 Å². The second kappa shape index (κ2) is 6.99. The van der Waals surface area contributed by atoms with Gasteiger partial charge in [0, 0.05) is 30.5 Å². The maximum Gasteiger partial charge on any atom is 0.331 e. The molecule has 1 amide bonds. The Bertz CT molecular complexity index is 302. The molecule has 1 atom stereocenters. The molecule has 104 valence electrons. The van der Waals surface area contributed by atoms with E-state index in [0.29, 0.717) is 13.0 Å². The van der Waals surface area contributed by atoms with E-state index in [1.807, 2.05) is 11.8 Å². The van der Waals surface area contributed by atoms with E-state index in [1.54, 1.807) is 20.8 Å². The highest BCUT2D eigenvalue weighted by atomic mass is 32.2. The van der Waals surface area contributed by atoms with Crippen molar-refractivity contribution in [2.75, 3.05) is 24.7 Å². The van der Waals surface area contributed by atoms with Crippen LogP contribution in [0, 0.1) is 0 Å². The van der Waals surface area contributed by atoms with Crippen molar-refractivity contribution in [2.45, 2.75) is 38.8 Å². The summed E-state index contributed by atoms with van der Waals surface area (Å²) >= 11 is 1.84. The Hall–Kier alpha value is -0.750. The summed E-state index contributed by atoms with van der Waals surface area (Å²) in [5, 5.41) is 6.02. The normalized spacial score (nSPS) is 20.3. The van der Waals surface area contributed by atoms with Gasteiger partial charge in [-0.25, -0.2) is 4.79 Å². The van der Waals surface area contributed by atoms with Gasteiger partial charge in [0.25, 0.3) is 0 Å². The zero-order valence-electron chi connectivity index (χ0n) is 11.2. The average molecular weight is 274 g/mol. The highest BCUT2D eigenvalue weighted by Crippen LogP contribution is 2.11. The lowest BCUT2D eigenvalue weighted by molar-refractivity contribution is -0.151. The van der Waals surface area contributed by atoms with E-state index in [4.69, 9.17) is 4.74 Å². The third kappa shape index (κ3) is 4.86. The van der Waals surface area contributed by atoms with Crippen molar-refractivity contribution >= 4 is 23.6 Å². The first kappa shape index (κ1) is 15.3. The van der Waals surface area contributed by atoms with Crippen molar-refractivity contribution in [1.82, 2.24) is 10.6 Å². The molecule has 0 radical (unpaired) electrons. The van der Waals surface area contributed by atoms with Crippen LogP contribution in [0.25, 0.3) is 0 Å². The van der Waals surface area contributed by atoms with Crippen LogP contribution in [0.1, 0.15) is 27.2 Å². The second-order valence-corrected chi connectivity index (χ2v) is 5.97. The van der Waals surface area contributed by atoms with Crippen molar-refractivity contribution in [3.63, 3.8) is 0 Å². The minimum atomic E-state index is -0.963. The maximum atomic E-state index is 11.9. The number of esters is 1. The molecule has 2 N–H and O–H groups in total. The van der Waals surface area contributed by atoms with Gasteiger partial charge in [-0.3, -0.25) is 4.79 Å². The Morgan fingerprint density at radius 1 is 1.50 bits per heavy atom. The summed E-state index contributed by atoms with van der Waals surface area (Å²) < 4.78 is 4.92. The van der Waals surface area contributed by atoms with Gasteiger partial charge in [-0.2, -0.15) is 11.8 Å². The first-order chi connectivity index (χ1) is 8.45. The molecule has 6 heteroatoms. The zero-order valence-corrected chi connectivity index (χ0v) is 12.1. The summed E-state index contributed by atoms with van der Waals surface area (Å²) in [4.78, 5) is 23.5. The summed E-state index contributed by atoms with van der Waals surface area (Å²) in [6.07, 6.45) is 0.399. The molecule has 0 aromatic heterocycles. The fourth-order valence-corrected chi connectivity index (χ4v) is 2.69. The number of nitrogens with one attached hydrogen (secondary N) is 2. The van der Waals surface area contributed by atoms with Gasteiger partial charge in [-0.15, -0.1) is 0 Å². The molecule has 1 saturated heterocycles. The van der Waals surface area contributed by atoms with Crippen LogP contribution in [-0.4, -0.2) is 48.1 Å². The predicted molar refractivity (Wildman–Crippen MR) is 72.6 cm³/mol. The standard InChI is InChI=1S/C12H22N2O3S/c1-4-17-11(16)12(2,3)14-10(15)7-9-8-18-6-5-13-9/h9,13H,4-8H2,1-3H3,(H,14,15). The summed E-state index contributed by atoms with van der Waals surface area (Å²) in [5.74, 6) is 1.51. The van der Waals surface area contributed by atoms with Crippen molar-refractivity contribution in [2.24, 2.45) is 0 Å². The third-order valence-electron chi connectivity index (χ3n) is 2.67. The fraction of sp³-hybridized carbons (Fsp3) is 0.833. The average Bonchev–Trinajstić information content (AvgIpc) is 2.29. The smallest absolute Gasteiger partial charge is 0.331 e. The van der Waals surface area contributed by atoms with Crippen LogP contribution in [-0.2, 0) is 14.3 Å². The van der Waals surface area contributed by atoms with Gasteiger partial charge < -0.3 is 15.4 Å². The molecule has 18 heavy (non-hydrogen) atoms. The molecular weight excluding hydrogens is 252 g/mol. The third-order valence-corrected chi connectivity index (χ3v) is 3.80. The second-order valence-electron chi connectivity index (χ2n) is 4.82. The number of ether oxygens (including phenoxy) is 1. The topological polar surface area (TPSA) is 67.4 Å². The number of amides is 1. The van der Waals surface area contributed by atoms with Gasteiger partial charge in [0.15, 0.2) is 0 Å². The van der Waals surface area contributed by atoms with E-state index in [-0.39, 0.29) is 11.9 Å². The Morgan fingerprint density at radius 2 is 2.22 bits per heavy atom. The minimum absolute atomic E-state index is 0.118. The Morgan fingerprint density at radius 3 is 2.78 bits per heavy atom. The van der Waals surface area contributed by atoms with E-state index in [0.717, 1.165) is 18.1 Å². The molecule has 1 aliphatic heterocycles. The van der Waals surface area contributed by atoms with Gasteiger partial charge in [-0.05, 0) is 20.8 Å². The predicted octanol–water partition coefficient (Wildman–Crippen LogP) is 0.539. The molecule has 0 aromatic carbocycles. The summed E-state index contributed by atoms with van der Waals surface area (Å²) in [6.45, 7) is 6.32. The first-order valence-electron chi connectivity index (χ1n) is 6.25. The van der Waals surface area contributed by atoms with Gasteiger partial charge in [0.2, 0.25) is 5.91 Å². The summed E-state index contributed by atoms with van der Waals surface area (Å²) in [5.41, 5.74) is -0.963. The van der Waals surface area contributed by atoms with E-state index < -0.39 is 11.5 Å². The molecule has 0 aliphatic carbocycles. The Balaban J connectivity index is 2.40. The molecule has 1 heterocycles. The van der Waals surface area contributed by atoms with Crippen molar-refractivity contribution in [3.8, 4) is 0 Å². The summed E-state index contributed by atoms with van der Waals surface area (Å²) in [7, 11) is 0. The number of carbonyl (C=O) groups is 2. The Kier molecular flexibility index (Phi) is 5.95. The largest absolute Gasteiger partial charge is 0.464 e. The van der Waals surface area contributed by atoms with Crippen LogP contribution in [0.3, 0.4) is 0 Å². The van der Waals surface area contributed by atoms with E-state index >= 15 is 0 Å². The van der Waals surface area contributed by atoms with Gasteiger partial charge in [0.05, 0.1) is 6.61 Å². The van der Waals surface area contributed by atoms with Gasteiger partial charge in [0.1, 0.15) is 5.54 Å². The molecule has 5 nitrogen and oxygen atoms in total. The maximum absolute atomic E-state index is 11.9. The molecular formula is C12H22N2O3S. The van der Waals surface area contributed by atoms with Crippen molar-refractivity contribution in [1.29, 1.82) is 0 Å². The number of rotatable bonds is 5. The highest BCUT2D eigenvalue weighted by Gasteiger charge is 2.31. The lowest BCUT2D eigenvalue weighted by Crippen LogP contribution is -2.52. The van der Waals surface area contributed by atoms with Crippen molar-refractivity contribution in [3.05, 3.63) is 0 Å².